The lowest BCUT2D eigenvalue weighted by molar-refractivity contribution is -0.137. The van der Waals surface area contributed by atoms with E-state index in [0.717, 1.165) is 18.7 Å². The molecule has 2 N–H and O–H groups in total. The molecule has 0 bridgehead atoms. The fourth-order valence-corrected chi connectivity index (χ4v) is 1.65. The molecule has 1 aliphatic rings. The van der Waals surface area contributed by atoms with Crippen molar-refractivity contribution in [3.8, 4) is 0 Å². The van der Waals surface area contributed by atoms with E-state index in [1.807, 2.05) is 0 Å². The van der Waals surface area contributed by atoms with Crippen molar-refractivity contribution in [2.24, 2.45) is 0 Å². The van der Waals surface area contributed by atoms with Gasteiger partial charge in [-0.15, -0.1) is 24.2 Å². The molecule has 1 aliphatic heterocycles. The lowest BCUT2D eigenvalue weighted by atomic mass is 10.4. The first-order valence-electron chi connectivity index (χ1n) is 2.88. The lowest BCUT2D eigenvalue weighted by Crippen LogP contribution is -2.38. The number of rotatable bonds is 1. The van der Waals surface area contributed by atoms with Crippen LogP contribution >= 0.6 is 24.2 Å². The predicted octanol–water partition coefficient (Wildman–Crippen LogP) is 0.545. The van der Waals surface area contributed by atoms with Crippen molar-refractivity contribution in [2.45, 2.75) is 11.8 Å². The van der Waals surface area contributed by atoms with Crippen LogP contribution in [0.25, 0.3) is 0 Å². The summed E-state index contributed by atoms with van der Waals surface area (Å²) in [5.74, 6) is 0.212. The summed E-state index contributed by atoms with van der Waals surface area (Å²) in [4.78, 5) is 10.3. The second kappa shape index (κ2) is 4.82. The third-order valence-electron chi connectivity index (χ3n) is 1.16. The Morgan fingerprint density at radius 3 is 2.70 bits per heavy atom. The second-order valence-electron chi connectivity index (χ2n) is 1.90. The number of thioether (sulfide) groups is 1. The summed E-state index contributed by atoms with van der Waals surface area (Å²) in [5, 5.41) is 11.0. The van der Waals surface area contributed by atoms with Crippen LogP contribution in [-0.2, 0) is 4.79 Å². The number of carboxylic acid groups (broad SMARTS) is 1. The van der Waals surface area contributed by atoms with E-state index in [-0.39, 0.29) is 17.8 Å². The van der Waals surface area contributed by atoms with Crippen LogP contribution < -0.4 is 5.32 Å². The first-order chi connectivity index (χ1) is 4.30. The molecule has 1 unspecified atom stereocenters. The van der Waals surface area contributed by atoms with Crippen LogP contribution in [0.5, 0.6) is 0 Å². The number of aliphatic carboxylic acids is 1. The zero-order valence-corrected chi connectivity index (χ0v) is 7.00. The Labute approximate surface area is 70.0 Å². The summed E-state index contributed by atoms with van der Waals surface area (Å²) >= 11 is 1.46. The fraction of sp³-hybridized carbons (Fsp3) is 0.800. The third kappa shape index (κ3) is 2.77. The molecular formula is C5H10ClNO2S. The smallest absolute Gasteiger partial charge is 0.331 e. The molecule has 0 aromatic heterocycles. The van der Waals surface area contributed by atoms with Crippen LogP contribution in [0.1, 0.15) is 6.42 Å². The van der Waals surface area contributed by atoms with Gasteiger partial charge in [-0.2, -0.15) is 0 Å². The molecule has 3 nitrogen and oxygen atoms in total. The molecule has 0 aliphatic carbocycles. The Balaban J connectivity index is 0.000000810. The van der Waals surface area contributed by atoms with E-state index < -0.39 is 5.97 Å². The van der Waals surface area contributed by atoms with E-state index in [1.54, 1.807) is 0 Å². The van der Waals surface area contributed by atoms with Gasteiger partial charge in [0.2, 0.25) is 0 Å². The number of nitrogens with one attached hydrogen (secondary N) is 1. The molecule has 1 fully saturated rings. The molecule has 0 aromatic rings. The maximum absolute atomic E-state index is 10.3. The zero-order valence-electron chi connectivity index (χ0n) is 5.37. The van der Waals surface area contributed by atoms with Gasteiger partial charge in [0, 0.05) is 0 Å². The van der Waals surface area contributed by atoms with Crippen LogP contribution in [-0.4, -0.2) is 28.7 Å². The largest absolute Gasteiger partial charge is 0.479 e. The van der Waals surface area contributed by atoms with Crippen molar-refractivity contribution < 1.29 is 9.90 Å². The monoisotopic (exact) mass is 183 g/mol. The van der Waals surface area contributed by atoms with Gasteiger partial charge in [0.1, 0.15) is 0 Å². The maximum atomic E-state index is 10.3. The van der Waals surface area contributed by atoms with E-state index in [9.17, 15) is 4.79 Å². The molecule has 0 radical (unpaired) electrons. The van der Waals surface area contributed by atoms with Gasteiger partial charge in [-0.05, 0) is 18.7 Å². The topological polar surface area (TPSA) is 49.3 Å². The van der Waals surface area contributed by atoms with Gasteiger partial charge < -0.3 is 5.11 Å². The summed E-state index contributed by atoms with van der Waals surface area (Å²) in [6, 6.07) is 0. The van der Waals surface area contributed by atoms with Crippen molar-refractivity contribution in [3.63, 3.8) is 0 Å². The van der Waals surface area contributed by atoms with Crippen molar-refractivity contribution in [1.29, 1.82) is 0 Å². The van der Waals surface area contributed by atoms with Gasteiger partial charge in [-0.25, -0.2) is 4.79 Å². The first kappa shape index (κ1) is 10.1. The number of hydrogen-bond donors (Lipinski definition) is 2. The highest BCUT2D eigenvalue weighted by Crippen LogP contribution is 2.13. The van der Waals surface area contributed by atoms with Gasteiger partial charge in [-0.3, -0.25) is 5.32 Å². The van der Waals surface area contributed by atoms with E-state index in [0.29, 0.717) is 0 Å². The number of carbonyl (C=O) groups is 1. The molecule has 0 spiro atoms. The molecule has 1 atom stereocenters. The summed E-state index contributed by atoms with van der Waals surface area (Å²) in [6.45, 7) is 0.837. The average molecular weight is 184 g/mol. The quantitative estimate of drug-likeness (QED) is 0.624. The van der Waals surface area contributed by atoms with E-state index in [1.165, 1.54) is 11.8 Å². The fourth-order valence-electron chi connectivity index (χ4n) is 0.724. The van der Waals surface area contributed by atoms with Crippen molar-refractivity contribution in [3.05, 3.63) is 0 Å². The maximum Gasteiger partial charge on any atom is 0.331 e. The molecule has 10 heavy (non-hydrogen) atoms. The molecule has 60 valence electrons. The summed E-state index contributed by atoms with van der Waals surface area (Å²) in [6.07, 6.45) is 1.08. The highest BCUT2D eigenvalue weighted by atomic mass is 35.5. The minimum absolute atomic E-state index is 0. The Morgan fingerprint density at radius 1 is 1.70 bits per heavy atom. The summed E-state index contributed by atoms with van der Waals surface area (Å²) < 4.78 is 0. The predicted molar refractivity (Wildman–Crippen MR) is 43.7 cm³/mol. The normalized spacial score (nSPS) is 25.0. The highest BCUT2D eigenvalue weighted by Gasteiger charge is 2.19. The Bertz CT molecular complexity index is 116. The summed E-state index contributed by atoms with van der Waals surface area (Å²) in [5.41, 5.74) is 0. The molecule has 1 heterocycles. The van der Waals surface area contributed by atoms with E-state index >= 15 is 0 Å². The Hall–Kier alpha value is 0.0700. The third-order valence-corrected chi connectivity index (χ3v) is 2.39. The molecule has 1 rings (SSSR count). The molecule has 0 saturated carbocycles. The summed E-state index contributed by atoms with van der Waals surface area (Å²) in [7, 11) is 0. The van der Waals surface area contributed by atoms with Crippen molar-refractivity contribution in [1.82, 2.24) is 5.32 Å². The molecule has 1 saturated heterocycles. The number of hydrogen-bond acceptors (Lipinski definition) is 3. The standard InChI is InChI=1S/C5H9NO2S.ClH/c7-5(8)4-6-2-1-3-9-4;/h4,6H,1-3H2,(H,7,8);1H. The number of carboxylic acids is 1. The first-order valence-corrected chi connectivity index (χ1v) is 3.93. The van der Waals surface area contributed by atoms with Gasteiger partial charge >= 0.3 is 5.97 Å². The molecule has 5 heteroatoms. The van der Waals surface area contributed by atoms with Crippen LogP contribution in [0.3, 0.4) is 0 Å². The molecule has 0 aromatic carbocycles. The minimum atomic E-state index is -0.750. The van der Waals surface area contributed by atoms with Crippen LogP contribution in [0.4, 0.5) is 0 Å². The average Bonchev–Trinajstić information content (AvgIpc) is 1.90. The number of halogens is 1. The van der Waals surface area contributed by atoms with Crippen LogP contribution in [0, 0.1) is 0 Å². The van der Waals surface area contributed by atoms with E-state index in [4.69, 9.17) is 5.11 Å². The van der Waals surface area contributed by atoms with Crippen molar-refractivity contribution in [2.75, 3.05) is 12.3 Å². The van der Waals surface area contributed by atoms with Gasteiger partial charge in [0.15, 0.2) is 5.37 Å². The molecule has 0 amide bonds. The van der Waals surface area contributed by atoms with Crippen molar-refractivity contribution >= 4 is 30.1 Å². The second-order valence-corrected chi connectivity index (χ2v) is 3.11. The van der Waals surface area contributed by atoms with Gasteiger partial charge in [-0.1, -0.05) is 0 Å². The zero-order chi connectivity index (χ0) is 6.69. The Kier molecular flexibility index (Phi) is 4.85. The highest BCUT2D eigenvalue weighted by molar-refractivity contribution is 8.00. The SMILES string of the molecule is Cl.O=C(O)C1NCCCS1. The van der Waals surface area contributed by atoms with E-state index in [2.05, 4.69) is 5.32 Å². The molecular weight excluding hydrogens is 174 g/mol. The minimum Gasteiger partial charge on any atom is -0.479 e. The lowest BCUT2D eigenvalue weighted by Gasteiger charge is -2.18. The van der Waals surface area contributed by atoms with Gasteiger partial charge in [0.05, 0.1) is 0 Å². The van der Waals surface area contributed by atoms with Gasteiger partial charge in [0.25, 0.3) is 0 Å². The van der Waals surface area contributed by atoms with Crippen LogP contribution in [0.15, 0.2) is 0 Å². The van der Waals surface area contributed by atoms with Crippen LogP contribution in [0.2, 0.25) is 0 Å². The Morgan fingerprint density at radius 2 is 2.40 bits per heavy atom.